The predicted molar refractivity (Wildman–Crippen MR) is 64.5 cm³/mol. The van der Waals surface area contributed by atoms with Crippen LogP contribution >= 0.6 is 11.8 Å². The molecule has 80 valence electrons. The Bertz CT molecular complexity index is 329. The van der Waals surface area contributed by atoms with Gasteiger partial charge in [-0.1, -0.05) is 31.0 Å². The molecule has 1 aliphatic rings. The Labute approximate surface area is 95.3 Å². The SMILES string of the molecule is O=Cc1ccccc1SCC1CCCC1. The van der Waals surface area contributed by atoms with Crippen molar-refractivity contribution in [2.75, 3.05) is 5.75 Å². The molecule has 1 nitrogen and oxygen atoms in total. The van der Waals surface area contributed by atoms with Gasteiger partial charge < -0.3 is 0 Å². The number of benzene rings is 1. The maximum Gasteiger partial charge on any atom is 0.151 e. The molecule has 1 fully saturated rings. The molecule has 0 N–H and O–H groups in total. The summed E-state index contributed by atoms with van der Waals surface area (Å²) in [5, 5.41) is 0. The molecular formula is C13H16OS. The minimum absolute atomic E-state index is 0.834. The third-order valence-corrected chi connectivity index (χ3v) is 4.32. The molecule has 0 amide bonds. The molecule has 2 rings (SSSR count). The Kier molecular flexibility index (Phi) is 3.84. The van der Waals surface area contributed by atoms with Gasteiger partial charge in [-0.25, -0.2) is 0 Å². The molecule has 0 aromatic heterocycles. The second-order valence-corrected chi connectivity index (χ2v) is 5.18. The van der Waals surface area contributed by atoms with Crippen molar-refractivity contribution in [3.8, 4) is 0 Å². The van der Waals surface area contributed by atoms with Gasteiger partial charge in [-0.3, -0.25) is 4.79 Å². The summed E-state index contributed by atoms with van der Waals surface area (Å²) in [5.74, 6) is 2.04. The second kappa shape index (κ2) is 5.36. The number of hydrogen-bond acceptors (Lipinski definition) is 2. The fraction of sp³-hybridized carbons (Fsp3) is 0.462. The largest absolute Gasteiger partial charge is 0.298 e. The van der Waals surface area contributed by atoms with E-state index in [-0.39, 0.29) is 0 Å². The van der Waals surface area contributed by atoms with Gasteiger partial charge in [0.1, 0.15) is 0 Å². The Morgan fingerprint density at radius 3 is 2.73 bits per heavy atom. The van der Waals surface area contributed by atoms with E-state index in [1.165, 1.54) is 31.4 Å². The van der Waals surface area contributed by atoms with Gasteiger partial charge in [0.05, 0.1) is 0 Å². The number of thioether (sulfide) groups is 1. The van der Waals surface area contributed by atoms with Crippen LogP contribution in [-0.4, -0.2) is 12.0 Å². The zero-order valence-corrected chi connectivity index (χ0v) is 9.63. The Balaban J connectivity index is 1.94. The highest BCUT2D eigenvalue weighted by atomic mass is 32.2. The van der Waals surface area contributed by atoms with Crippen LogP contribution in [0.2, 0.25) is 0 Å². The maximum absolute atomic E-state index is 10.8. The Morgan fingerprint density at radius 2 is 2.00 bits per heavy atom. The quantitative estimate of drug-likeness (QED) is 0.567. The molecule has 0 aliphatic heterocycles. The standard InChI is InChI=1S/C13H16OS/c14-9-12-7-3-4-8-13(12)15-10-11-5-1-2-6-11/h3-4,7-9,11H,1-2,5-6,10H2. The molecule has 0 bridgehead atoms. The van der Waals surface area contributed by atoms with Crippen LogP contribution in [0.5, 0.6) is 0 Å². The summed E-state index contributed by atoms with van der Waals surface area (Å²) in [7, 11) is 0. The maximum atomic E-state index is 10.8. The van der Waals surface area contributed by atoms with Crippen LogP contribution in [0.1, 0.15) is 36.0 Å². The van der Waals surface area contributed by atoms with E-state index in [9.17, 15) is 4.79 Å². The topological polar surface area (TPSA) is 17.1 Å². The predicted octanol–water partition coefficient (Wildman–Crippen LogP) is 3.78. The molecule has 15 heavy (non-hydrogen) atoms. The van der Waals surface area contributed by atoms with E-state index in [4.69, 9.17) is 0 Å². The lowest BCUT2D eigenvalue weighted by Gasteiger charge is -2.09. The lowest BCUT2D eigenvalue weighted by molar-refractivity contribution is 0.112. The van der Waals surface area contributed by atoms with Crippen LogP contribution < -0.4 is 0 Å². The van der Waals surface area contributed by atoms with Gasteiger partial charge in [0.15, 0.2) is 6.29 Å². The first-order valence-electron chi connectivity index (χ1n) is 5.57. The van der Waals surface area contributed by atoms with E-state index in [2.05, 4.69) is 0 Å². The molecule has 1 aromatic rings. The van der Waals surface area contributed by atoms with E-state index in [1.54, 1.807) is 0 Å². The van der Waals surface area contributed by atoms with Crippen molar-refractivity contribution in [1.82, 2.24) is 0 Å². The molecule has 2 heteroatoms. The van der Waals surface area contributed by atoms with Crippen LogP contribution in [0.15, 0.2) is 29.2 Å². The van der Waals surface area contributed by atoms with Crippen LogP contribution in [0.4, 0.5) is 0 Å². The van der Waals surface area contributed by atoms with Crippen LogP contribution in [0.3, 0.4) is 0 Å². The average molecular weight is 220 g/mol. The van der Waals surface area contributed by atoms with Gasteiger partial charge in [-0.2, -0.15) is 0 Å². The summed E-state index contributed by atoms with van der Waals surface area (Å²) >= 11 is 1.84. The first-order valence-corrected chi connectivity index (χ1v) is 6.55. The van der Waals surface area contributed by atoms with Crippen molar-refractivity contribution in [1.29, 1.82) is 0 Å². The third-order valence-electron chi connectivity index (χ3n) is 3.00. The first kappa shape index (κ1) is 10.7. The molecule has 0 radical (unpaired) electrons. The molecule has 0 unspecified atom stereocenters. The van der Waals surface area contributed by atoms with Gasteiger partial charge in [0.25, 0.3) is 0 Å². The Hall–Kier alpha value is -0.760. The minimum atomic E-state index is 0.834. The summed E-state index contributed by atoms with van der Waals surface area (Å²) in [6.45, 7) is 0. The highest BCUT2D eigenvalue weighted by Crippen LogP contribution is 2.31. The van der Waals surface area contributed by atoms with Gasteiger partial charge >= 0.3 is 0 Å². The van der Waals surface area contributed by atoms with Crippen molar-refractivity contribution < 1.29 is 4.79 Å². The molecule has 1 aromatic carbocycles. The average Bonchev–Trinajstić information content (AvgIpc) is 2.79. The second-order valence-electron chi connectivity index (χ2n) is 4.12. The summed E-state index contributed by atoms with van der Waals surface area (Å²) in [6, 6.07) is 7.86. The lowest BCUT2D eigenvalue weighted by Crippen LogP contribution is -1.97. The van der Waals surface area contributed by atoms with E-state index in [1.807, 2.05) is 36.0 Å². The smallest absolute Gasteiger partial charge is 0.151 e. The van der Waals surface area contributed by atoms with E-state index < -0.39 is 0 Å². The molecule has 1 aliphatic carbocycles. The zero-order chi connectivity index (χ0) is 10.5. The summed E-state index contributed by atoms with van der Waals surface area (Å²) in [4.78, 5) is 11.9. The zero-order valence-electron chi connectivity index (χ0n) is 8.82. The van der Waals surface area contributed by atoms with Crippen molar-refractivity contribution in [3.63, 3.8) is 0 Å². The molecular weight excluding hydrogens is 204 g/mol. The lowest BCUT2D eigenvalue weighted by atomic mass is 10.1. The summed E-state index contributed by atoms with van der Waals surface area (Å²) in [5.41, 5.74) is 0.834. The Morgan fingerprint density at radius 1 is 1.27 bits per heavy atom. The van der Waals surface area contributed by atoms with E-state index >= 15 is 0 Å². The van der Waals surface area contributed by atoms with Gasteiger partial charge in [-0.15, -0.1) is 11.8 Å². The van der Waals surface area contributed by atoms with Crippen LogP contribution in [-0.2, 0) is 0 Å². The van der Waals surface area contributed by atoms with Gasteiger partial charge in [-0.05, 0) is 24.8 Å². The number of rotatable bonds is 4. The monoisotopic (exact) mass is 220 g/mol. The van der Waals surface area contributed by atoms with Crippen molar-refractivity contribution in [2.24, 2.45) is 5.92 Å². The molecule has 0 atom stereocenters. The number of aldehydes is 1. The molecule has 0 heterocycles. The van der Waals surface area contributed by atoms with Crippen molar-refractivity contribution in [3.05, 3.63) is 29.8 Å². The fourth-order valence-electron chi connectivity index (χ4n) is 2.09. The normalized spacial score (nSPS) is 16.8. The van der Waals surface area contributed by atoms with Gasteiger partial charge in [0, 0.05) is 16.2 Å². The van der Waals surface area contributed by atoms with E-state index in [0.29, 0.717) is 0 Å². The summed E-state index contributed by atoms with van der Waals surface area (Å²) in [6.07, 6.45) is 6.48. The minimum Gasteiger partial charge on any atom is -0.298 e. The third kappa shape index (κ3) is 2.85. The fourth-order valence-corrected chi connectivity index (χ4v) is 3.30. The van der Waals surface area contributed by atoms with Crippen molar-refractivity contribution >= 4 is 18.0 Å². The van der Waals surface area contributed by atoms with Crippen molar-refractivity contribution in [2.45, 2.75) is 30.6 Å². The molecule has 0 spiro atoms. The van der Waals surface area contributed by atoms with E-state index in [0.717, 1.165) is 22.7 Å². The van der Waals surface area contributed by atoms with Crippen LogP contribution in [0, 0.1) is 5.92 Å². The number of carbonyl (C=O) groups excluding carboxylic acids is 1. The highest BCUT2D eigenvalue weighted by molar-refractivity contribution is 7.99. The number of hydrogen-bond donors (Lipinski definition) is 0. The van der Waals surface area contributed by atoms with Crippen LogP contribution in [0.25, 0.3) is 0 Å². The first-order chi connectivity index (χ1) is 7.40. The molecule has 0 saturated heterocycles. The number of carbonyl (C=O) groups is 1. The summed E-state index contributed by atoms with van der Waals surface area (Å²) < 4.78 is 0. The van der Waals surface area contributed by atoms with Gasteiger partial charge in [0.2, 0.25) is 0 Å². The molecule has 1 saturated carbocycles. The highest BCUT2D eigenvalue weighted by Gasteiger charge is 2.15.